The van der Waals surface area contributed by atoms with Crippen molar-refractivity contribution >= 4 is 5.97 Å². The zero-order valence-electron chi connectivity index (χ0n) is 9.31. The number of alkyl halides is 3. The van der Waals surface area contributed by atoms with Gasteiger partial charge in [-0.2, -0.15) is 13.2 Å². The van der Waals surface area contributed by atoms with Gasteiger partial charge in [0.15, 0.2) is 0 Å². The molecule has 0 bridgehead atoms. The van der Waals surface area contributed by atoms with Crippen molar-refractivity contribution in [2.24, 2.45) is 0 Å². The van der Waals surface area contributed by atoms with E-state index in [1.807, 2.05) is 0 Å². The van der Waals surface area contributed by atoms with Gasteiger partial charge in [0.25, 0.3) is 5.56 Å². The van der Waals surface area contributed by atoms with E-state index >= 15 is 0 Å². The lowest BCUT2D eigenvalue weighted by Gasteiger charge is -2.16. The second-order valence-corrected chi connectivity index (χ2v) is 3.78. The first kappa shape index (κ1) is 15.2. The maximum Gasteiger partial charge on any atom is 0.417 e. The van der Waals surface area contributed by atoms with Crippen LogP contribution in [0.1, 0.15) is 23.7 Å². The van der Waals surface area contributed by atoms with Gasteiger partial charge in [-0.3, -0.25) is 9.59 Å². The molecule has 1 rings (SSSR count). The normalized spacial score (nSPS) is 15.0. The highest BCUT2D eigenvalue weighted by Crippen LogP contribution is 2.29. The van der Waals surface area contributed by atoms with Crippen LogP contribution in [0, 0.1) is 0 Å². The van der Waals surface area contributed by atoms with E-state index in [9.17, 15) is 33.0 Å². The summed E-state index contributed by atoms with van der Waals surface area (Å²) in [5.41, 5.74) is -3.00. The fraction of sp³-hybridized carbons (Fsp3) is 0.400. The first-order valence-electron chi connectivity index (χ1n) is 5.00. The van der Waals surface area contributed by atoms with E-state index in [-0.39, 0.29) is 0 Å². The summed E-state index contributed by atoms with van der Waals surface area (Å²) in [6.45, 7) is 0. The van der Waals surface area contributed by atoms with Crippen molar-refractivity contribution in [3.05, 3.63) is 33.7 Å². The summed E-state index contributed by atoms with van der Waals surface area (Å²) in [4.78, 5) is 23.4. The smallest absolute Gasteiger partial charge is 0.417 e. The molecule has 9 heteroatoms. The third-order valence-electron chi connectivity index (χ3n) is 2.33. The second kappa shape index (κ2) is 5.41. The summed E-state index contributed by atoms with van der Waals surface area (Å²) in [6, 6.07) is 0.370. The number of H-pyrrole nitrogens is 1. The molecule has 1 heterocycles. The van der Waals surface area contributed by atoms with E-state index in [2.05, 4.69) is 0 Å². The summed E-state index contributed by atoms with van der Waals surface area (Å²) in [6.07, 6.45) is -9.14. The monoisotopic (exact) mass is 281 g/mol. The summed E-state index contributed by atoms with van der Waals surface area (Å²) < 4.78 is 37.2. The topological polar surface area (TPSA) is 111 Å². The summed E-state index contributed by atoms with van der Waals surface area (Å²) >= 11 is 0. The molecule has 2 unspecified atom stereocenters. The lowest BCUT2D eigenvalue weighted by molar-refractivity contribution is -0.141. The van der Waals surface area contributed by atoms with Crippen LogP contribution in [0.25, 0.3) is 0 Å². The Bertz CT molecular complexity index is 525. The third-order valence-corrected chi connectivity index (χ3v) is 2.33. The highest BCUT2D eigenvalue weighted by molar-refractivity contribution is 5.67. The molecular formula is C10H10F3NO5. The highest BCUT2D eigenvalue weighted by Gasteiger charge is 2.33. The summed E-state index contributed by atoms with van der Waals surface area (Å²) in [5, 5.41) is 27.2. The first-order valence-corrected chi connectivity index (χ1v) is 5.00. The molecular weight excluding hydrogens is 271 g/mol. The van der Waals surface area contributed by atoms with Gasteiger partial charge >= 0.3 is 12.1 Å². The number of carbonyl (C=O) groups is 1. The van der Waals surface area contributed by atoms with E-state index < -0.39 is 47.5 Å². The predicted octanol–water partition coefficient (Wildman–Crippen LogP) is 0.263. The highest BCUT2D eigenvalue weighted by atomic mass is 19.4. The maximum atomic E-state index is 12.4. The number of hydrogen-bond donors (Lipinski definition) is 4. The van der Waals surface area contributed by atoms with Crippen LogP contribution in [0.3, 0.4) is 0 Å². The molecule has 19 heavy (non-hydrogen) atoms. The molecule has 4 N–H and O–H groups in total. The van der Waals surface area contributed by atoms with Gasteiger partial charge in [-0.1, -0.05) is 0 Å². The molecule has 106 valence electrons. The molecule has 0 amide bonds. The molecule has 0 aliphatic carbocycles. The number of pyridine rings is 1. The maximum absolute atomic E-state index is 12.4. The van der Waals surface area contributed by atoms with Gasteiger partial charge < -0.3 is 20.3 Å². The van der Waals surface area contributed by atoms with Gasteiger partial charge in [0.1, 0.15) is 6.10 Å². The van der Waals surface area contributed by atoms with Crippen LogP contribution >= 0.6 is 0 Å². The van der Waals surface area contributed by atoms with E-state index in [0.717, 1.165) is 0 Å². The Kier molecular flexibility index (Phi) is 4.32. The number of aliphatic carboxylic acids is 1. The fourth-order valence-electron chi connectivity index (χ4n) is 1.38. The zero-order chi connectivity index (χ0) is 14.8. The van der Waals surface area contributed by atoms with Gasteiger partial charge in [-0.05, 0) is 6.07 Å². The van der Waals surface area contributed by atoms with Crippen LogP contribution in [0.4, 0.5) is 13.2 Å². The number of carboxylic acids is 1. The Morgan fingerprint density at radius 1 is 1.37 bits per heavy atom. The van der Waals surface area contributed by atoms with Crippen molar-refractivity contribution in [3.63, 3.8) is 0 Å². The summed E-state index contributed by atoms with van der Waals surface area (Å²) in [5.74, 6) is -1.46. The summed E-state index contributed by atoms with van der Waals surface area (Å²) in [7, 11) is 0. The fourth-order valence-corrected chi connectivity index (χ4v) is 1.38. The number of aliphatic hydroxyl groups is 2. The molecule has 1 aromatic rings. The van der Waals surface area contributed by atoms with Gasteiger partial charge in [-0.15, -0.1) is 0 Å². The minimum absolute atomic E-state index is 0.370. The van der Waals surface area contributed by atoms with Crippen LogP contribution in [-0.4, -0.2) is 32.4 Å². The van der Waals surface area contributed by atoms with Gasteiger partial charge in [-0.25, -0.2) is 0 Å². The Balaban J connectivity index is 3.12. The Morgan fingerprint density at radius 2 is 1.95 bits per heavy atom. The van der Waals surface area contributed by atoms with Crippen molar-refractivity contribution in [1.29, 1.82) is 0 Å². The number of halogens is 3. The molecule has 0 radical (unpaired) electrons. The molecule has 1 aromatic heterocycles. The zero-order valence-corrected chi connectivity index (χ0v) is 9.31. The van der Waals surface area contributed by atoms with Gasteiger partial charge in [0.05, 0.1) is 18.1 Å². The molecule has 0 spiro atoms. The number of nitrogens with one attached hydrogen (secondary N) is 1. The van der Waals surface area contributed by atoms with Crippen molar-refractivity contribution in [1.82, 2.24) is 4.98 Å². The first-order chi connectivity index (χ1) is 8.62. The van der Waals surface area contributed by atoms with E-state index in [4.69, 9.17) is 5.11 Å². The van der Waals surface area contributed by atoms with E-state index in [1.54, 1.807) is 4.98 Å². The lowest BCUT2D eigenvalue weighted by Crippen LogP contribution is -2.28. The largest absolute Gasteiger partial charge is 0.481 e. The minimum atomic E-state index is -4.74. The Labute approximate surface area is 104 Å². The predicted molar refractivity (Wildman–Crippen MR) is 55.3 cm³/mol. The van der Waals surface area contributed by atoms with Crippen LogP contribution in [0.5, 0.6) is 0 Å². The van der Waals surface area contributed by atoms with Crippen molar-refractivity contribution in [2.45, 2.75) is 24.8 Å². The molecule has 0 aromatic carbocycles. The SMILES string of the molecule is O=C(O)CC(O)C(O)c1cc(C(F)(F)F)c[nH]c1=O. The number of hydrogen-bond acceptors (Lipinski definition) is 4. The van der Waals surface area contributed by atoms with Crippen LogP contribution in [0.15, 0.2) is 17.1 Å². The average molecular weight is 281 g/mol. The minimum Gasteiger partial charge on any atom is -0.481 e. The molecule has 0 fully saturated rings. The molecule has 0 aliphatic rings. The molecule has 0 aliphatic heterocycles. The van der Waals surface area contributed by atoms with Crippen molar-refractivity contribution in [2.75, 3.05) is 0 Å². The van der Waals surface area contributed by atoms with Crippen LogP contribution in [0.2, 0.25) is 0 Å². The Hall–Kier alpha value is -1.87. The van der Waals surface area contributed by atoms with Gasteiger partial charge in [0, 0.05) is 11.8 Å². The van der Waals surface area contributed by atoms with Crippen molar-refractivity contribution < 1.29 is 33.3 Å². The molecule has 0 saturated carbocycles. The van der Waals surface area contributed by atoms with Crippen molar-refractivity contribution in [3.8, 4) is 0 Å². The molecule has 0 saturated heterocycles. The number of aromatic amines is 1. The van der Waals surface area contributed by atoms with Crippen LogP contribution < -0.4 is 5.56 Å². The quantitative estimate of drug-likeness (QED) is 0.633. The van der Waals surface area contributed by atoms with E-state index in [0.29, 0.717) is 12.3 Å². The number of rotatable bonds is 4. The second-order valence-electron chi connectivity index (χ2n) is 3.78. The molecule has 6 nitrogen and oxygen atoms in total. The third kappa shape index (κ3) is 3.80. The van der Waals surface area contributed by atoms with Crippen LogP contribution in [-0.2, 0) is 11.0 Å². The Morgan fingerprint density at radius 3 is 2.42 bits per heavy atom. The standard InChI is InChI=1S/C10H10F3NO5/c11-10(12,13)4-1-5(9(19)14-3-4)8(18)6(15)2-7(16)17/h1,3,6,8,15,18H,2H2,(H,14,19)(H,16,17). The van der Waals surface area contributed by atoms with E-state index in [1.165, 1.54) is 0 Å². The van der Waals surface area contributed by atoms with Gasteiger partial charge in [0.2, 0.25) is 0 Å². The lowest BCUT2D eigenvalue weighted by atomic mass is 10.0. The molecule has 2 atom stereocenters. The average Bonchev–Trinajstić information content (AvgIpc) is 2.26. The number of aromatic nitrogens is 1. The number of carboxylic acid groups (broad SMARTS) is 1. The number of aliphatic hydroxyl groups excluding tert-OH is 2.